The molecule has 2 aromatic carbocycles. The SMILES string of the molecule is NC(=S)c1cc(Oc2ccc(Cl)c3ccccc23)ccn1. The molecule has 21 heavy (non-hydrogen) atoms. The fourth-order valence-electron chi connectivity index (χ4n) is 2.06. The molecule has 0 atom stereocenters. The van der Waals surface area contributed by atoms with E-state index in [1.807, 2.05) is 36.4 Å². The number of ether oxygens (including phenoxy) is 1. The predicted octanol–water partition coefficient (Wildman–Crippen LogP) is 4.31. The molecule has 0 aliphatic rings. The summed E-state index contributed by atoms with van der Waals surface area (Å²) in [6.45, 7) is 0. The van der Waals surface area contributed by atoms with E-state index < -0.39 is 0 Å². The molecular formula is C16H11ClN2OS. The number of pyridine rings is 1. The van der Waals surface area contributed by atoms with Crippen LogP contribution in [0.1, 0.15) is 5.69 Å². The normalized spacial score (nSPS) is 10.5. The van der Waals surface area contributed by atoms with Crippen molar-refractivity contribution in [1.29, 1.82) is 0 Å². The number of aromatic nitrogens is 1. The van der Waals surface area contributed by atoms with Crippen LogP contribution in [0.4, 0.5) is 0 Å². The maximum atomic E-state index is 6.20. The molecule has 1 heterocycles. The summed E-state index contributed by atoms with van der Waals surface area (Å²) in [5.41, 5.74) is 6.11. The molecule has 2 N–H and O–H groups in total. The van der Waals surface area contributed by atoms with Crippen molar-refractivity contribution in [3.63, 3.8) is 0 Å². The number of thiocarbonyl (C=S) groups is 1. The van der Waals surface area contributed by atoms with E-state index in [1.54, 1.807) is 18.3 Å². The monoisotopic (exact) mass is 314 g/mol. The third-order valence-corrected chi connectivity index (χ3v) is 3.58. The van der Waals surface area contributed by atoms with Gasteiger partial charge in [-0.3, -0.25) is 4.98 Å². The van der Waals surface area contributed by atoms with Crippen LogP contribution in [0.3, 0.4) is 0 Å². The van der Waals surface area contributed by atoms with E-state index in [2.05, 4.69) is 4.98 Å². The number of rotatable bonds is 3. The predicted molar refractivity (Wildman–Crippen MR) is 89.2 cm³/mol. The maximum absolute atomic E-state index is 6.20. The first kappa shape index (κ1) is 13.8. The molecule has 104 valence electrons. The van der Waals surface area contributed by atoms with Gasteiger partial charge in [-0.1, -0.05) is 48.1 Å². The van der Waals surface area contributed by atoms with Crippen LogP contribution < -0.4 is 10.5 Å². The molecule has 5 heteroatoms. The standard InChI is InChI=1S/C16H11ClN2OS/c17-13-5-6-15(12-4-2-1-3-11(12)13)20-10-7-8-19-14(9-10)16(18)21/h1-9H,(H2,18,21). The summed E-state index contributed by atoms with van der Waals surface area (Å²) in [6, 6.07) is 14.9. The van der Waals surface area contributed by atoms with Crippen molar-refractivity contribution in [3.8, 4) is 11.5 Å². The zero-order valence-electron chi connectivity index (χ0n) is 10.9. The number of fused-ring (bicyclic) bond motifs is 1. The minimum atomic E-state index is 0.237. The molecule has 3 rings (SSSR count). The van der Waals surface area contributed by atoms with E-state index in [9.17, 15) is 0 Å². The minimum absolute atomic E-state index is 0.237. The number of benzene rings is 2. The van der Waals surface area contributed by atoms with Gasteiger partial charge in [0.1, 0.15) is 22.2 Å². The lowest BCUT2D eigenvalue weighted by molar-refractivity contribution is 0.487. The molecule has 0 unspecified atom stereocenters. The van der Waals surface area contributed by atoms with Crippen molar-refractivity contribution < 1.29 is 4.74 Å². The van der Waals surface area contributed by atoms with Gasteiger partial charge >= 0.3 is 0 Å². The van der Waals surface area contributed by atoms with E-state index >= 15 is 0 Å². The molecule has 0 spiro atoms. The molecule has 0 amide bonds. The number of nitrogens with two attached hydrogens (primary N) is 1. The van der Waals surface area contributed by atoms with Gasteiger partial charge in [0, 0.05) is 28.1 Å². The van der Waals surface area contributed by atoms with Crippen LogP contribution in [0.25, 0.3) is 10.8 Å². The summed E-state index contributed by atoms with van der Waals surface area (Å²) < 4.78 is 5.92. The largest absolute Gasteiger partial charge is 0.457 e. The second kappa shape index (κ2) is 5.68. The van der Waals surface area contributed by atoms with E-state index in [1.165, 1.54) is 0 Å². The van der Waals surface area contributed by atoms with Crippen LogP contribution in [-0.4, -0.2) is 9.97 Å². The quantitative estimate of drug-likeness (QED) is 0.732. The third kappa shape index (κ3) is 2.82. The minimum Gasteiger partial charge on any atom is -0.457 e. The molecule has 3 nitrogen and oxygen atoms in total. The summed E-state index contributed by atoms with van der Waals surface area (Å²) in [5, 5.41) is 2.58. The van der Waals surface area contributed by atoms with E-state index in [4.69, 9.17) is 34.3 Å². The van der Waals surface area contributed by atoms with Gasteiger partial charge in [-0.2, -0.15) is 0 Å². The molecule has 0 radical (unpaired) electrons. The smallest absolute Gasteiger partial charge is 0.135 e. The number of nitrogens with zero attached hydrogens (tertiary/aromatic N) is 1. The Morgan fingerprint density at radius 3 is 2.62 bits per heavy atom. The summed E-state index contributed by atoms with van der Waals surface area (Å²) in [6.07, 6.45) is 1.61. The highest BCUT2D eigenvalue weighted by Gasteiger charge is 2.07. The van der Waals surface area contributed by atoms with E-state index in [-0.39, 0.29) is 4.99 Å². The van der Waals surface area contributed by atoms with Gasteiger partial charge in [-0.25, -0.2) is 0 Å². The highest BCUT2D eigenvalue weighted by atomic mass is 35.5. The van der Waals surface area contributed by atoms with Crippen molar-refractivity contribution in [3.05, 3.63) is 65.4 Å². The van der Waals surface area contributed by atoms with Crippen LogP contribution in [0, 0.1) is 0 Å². The van der Waals surface area contributed by atoms with Crippen molar-refractivity contribution in [2.24, 2.45) is 5.73 Å². The Bertz CT molecular complexity index is 835. The Hall–Kier alpha value is -2.17. The van der Waals surface area contributed by atoms with Crippen LogP contribution in [0.15, 0.2) is 54.7 Å². The highest BCUT2D eigenvalue weighted by molar-refractivity contribution is 7.80. The van der Waals surface area contributed by atoms with Gasteiger partial charge < -0.3 is 10.5 Å². The average Bonchev–Trinajstić information content (AvgIpc) is 2.51. The van der Waals surface area contributed by atoms with Gasteiger partial charge in [0.05, 0.1) is 0 Å². The molecular weight excluding hydrogens is 304 g/mol. The van der Waals surface area contributed by atoms with Gasteiger partial charge in [0.25, 0.3) is 0 Å². The van der Waals surface area contributed by atoms with Crippen LogP contribution in [0.5, 0.6) is 11.5 Å². The van der Waals surface area contributed by atoms with Crippen molar-refractivity contribution in [2.45, 2.75) is 0 Å². The third-order valence-electron chi connectivity index (χ3n) is 3.04. The first-order valence-corrected chi connectivity index (χ1v) is 7.05. The Morgan fingerprint density at radius 1 is 1.10 bits per heavy atom. The number of halogens is 1. The zero-order valence-corrected chi connectivity index (χ0v) is 12.5. The Morgan fingerprint density at radius 2 is 1.86 bits per heavy atom. The first-order chi connectivity index (χ1) is 10.1. The fraction of sp³-hybridized carbons (Fsp3) is 0. The molecule has 0 aliphatic heterocycles. The Labute approximate surface area is 132 Å². The van der Waals surface area contributed by atoms with E-state index in [0.717, 1.165) is 16.5 Å². The molecule has 0 fully saturated rings. The molecule has 3 aromatic rings. The van der Waals surface area contributed by atoms with Gasteiger partial charge in [-0.05, 0) is 18.2 Å². The van der Waals surface area contributed by atoms with Gasteiger partial charge in [0.2, 0.25) is 0 Å². The molecule has 1 aromatic heterocycles. The Balaban J connectivity index is 2.04. The van der Waals surface area contributed by atoms with Crippen LogP contribution >= 0.6 is 23.8 Å². The van der Waals surface area contributed by atoms with Gasteiger partial charge in [0.15, 0.2) is 0 Å². The van der Waals surface area contributed by atoms with Crippen molar-refractivity contribution in [1.82, 2.24) is 4.98 Å². The summed E-state index contributed by atoms with van der Waals surface area (Å²) in [7, 11) is 0. The molecule has 0 saturated heterocycles. The van der Waals surface area contributed by atoms with Crippen LogP contribution in [0.2, 0.25) is 5.02 Å². The van der Waals surface area contributed by atoms with E-state index in [0.29, 0.717) is 16.5 Å². The zero-order chi connectivity index (χ0) is 14.8. The molecule has 0 aliphatic carbocycles. The Kier molecular flexibility index (Phi) is 3.73. The lowest BCUT2D eigenvalue weighted by Crippen LogP contribution is -2.11. The fourth-order valence-corrected chi connectivity index (χ4v) is 2.40. The topological polar surface area (TPSA) is 48.1 Å². The van der Waals surface area contributed by atoms with Gasteiger partial charge in [-0.15, -0.1) is 0 Å². The molecule has 0 bridgehead atoms. The van der Waals surface area contributed by atoms with Crippen LogP contribution in [-0.2, 0) is 0 Å². The maximum Gasteiger partial charge on any atom is 0.135 e. The average molecular weight is 315 g/mol. The summed E-state index contributed by atoms with van der Waals surface area (Å²) >= 11 is 11.1. The van der Waals surface area contributed by atoms with Crippen molar-refractivity contribution in [2.75, 3.05) is 0 Å². The second-order valence-corrected chi connectivity index (χ2v) is 5.28. The highest BCUT2D eigenvalue weighted by Crippen LogP contribution is 2.33. The summed E-state index contributed by atoms with van der Waals surface area (Å²) in [4.78, 5) is 4.33. The lowest BCUT2D eigenvalue weighted by Gasteiger charge is -2.10. The summed E-state index contributed by atoms with van der Waals surface area (Å²) in [5.74, 6) is 1.34. The number of hydrogen-bond acceptors (Lipinski definition) is 3. The number of hydrogen-bond donors (Lipinski definition) is 1. The lowest BCUT2D eigenvalue weighted by atomic mass is 10.1. The first-order valence-electron chi connectivity index (χ1n) is 6.26. The second-order valence-electron chi connectivity index (χ2n) is 4.43. The van der Waals surface area contributed by atoms with Crippen molar-refractivity contribution >= 4 is 39.6 Å². The molecule has 0 saturated carbocycles.